The molecule has 1 unspecified atom stereocenters. The van der Waals surface area contributed by atoms with E-state index >= 15 is 0 Å². The minimum Gasteiger partial charge on any atom is -0.458 e. The number of esters is 3. The van der Waals surface area contributed by atoms with Gasteiger partial charge in [-0.3, -0.25) is 14.4 Å². The molecule has 0 spiro atoms. The van der Waals surface area contributed by atoms with Crippen LogP contribution in [0, 0.1) is 5.92 Å². The van der Waals surface area contributed by atoms with Crippen molar-refractivity contribution in [3.63, 3.8) is 0 Å². The van der Waals surface area contributed by atoms with Gasteiger partial charge in [0.15, 0.2) is 11.5 Å². The predicted molar refractivity (Wildman–Crippen MR) is 127 cm³/mol. The van der Waals surface area contributed by atoms with Gasteiger partial charge < -0.3 is 29.4 Å². The Morgan fingerprint density at radius 3 is 1.83 bits per heavy atom. The highest BCUT2D eigenvalue weighted by atomic mass is 16.7. The Kier molecular flexibility index (Phi) is 12.2. The molecule has 35 heavy (non-hydrogen) atoms. The van der Waals surface area contributed by atoms with E-state index in [2.05, 4.69) is 0 Å². The van der Waals surface area contributed by atoms with Gasteiger partial charge in [0.1, 0.15) is 24.4 Å². The molecule has 0 aromatic heterocycles. The summed E-state index contributed by atoms with van der Waals surface area (Å²) in [5, 5.41) is 0. The zero-order valence-electron chi connectivity index (χ0n) is 21.5. The highest BCUT2D eigenvalue weighted by molar-refractivity contribution is 5.77. The van der Waals surface area contributed by atoms with Gasteiger partial charge >= 0.3 is 24.1 Å². The number of carbonyl (C=O) groups is 4. The molecular formula is C25H37NO9. The molecule has 0 saturated heterocycles. The minimum atomic E-state index is -1.05. The van der Waals surface area contributed by atoms with Gasteiger partial charge in [-0.2, -0.15) is 0 Å². The lowest BCUT2D eigenvalue weighted by atomic mass is 10.1. The summed E-state index contributed by atoms with van der Waals surface area (Å²) in [6.45, 7) is 12.0. The fraction of sp³-hybridized carbons (Fsp3) is 0.600. The van der Waals surface area contributed by atoms with Crippen molar-refractivity contribution in [1.82, 2.24) is 0 Å². The first-order chi connectivity index (χ1) is 16.4. The van der Waals surface area contributed by atoms with E-state index in [0.29, 0.717) is 5.56 Å². The van der Waals surface area contributed by atoms with E-state index < -0.39 is 42.3 Å². The van der Waals surface area contributed by atoms with Gasteiger partial charge in [-0.05, 0) is 50.8 Å². The fourth-order valence-electron chi connectivity index (χ4n) is 2.50. The van der Waals surface area contributed by atoms with E-state index in [0.717, 1.165) is 0 Å². The number of hydrogen-bond donors (Lipinski definition) is 1. The van der Waals surface area contributed by atoms with E-state index in [4.69, 9.17) is 29.4 Å². The number of ether oxygens (including phenoxy) is 5. The van der Waals surface area contributed by atoms with Gasteiger partial charge in [-0.25, -0.2) is 4.79 Å². The maximum atomic E-state index is 12.5. The summed E-state index contributed by atoms with van der Waals surface area (Å²) in [5.41, 5.74) is 6.58. The summed E-state index contributed by atoms with van der Waals surface area (Å²) in [4.78, 5) is 47.8. The molecule has 10 nitrogen and oxygen atoms in total. The first-order valence-corrected chi connectivity index (χ1v) is 11.7. The van der Waals surface area contributed by atoms with Crippen LogP contribution in [-0.4, -0.2) is 48.4 Å². The third kappa shape index (κ3) is 10.3. The van der Waals surface area contributed by atoms with E-state index in [-0.39, 0.29) is 42.8 Å². The summed E-state index contributed by atoms with van der Waals surface area (Å²) in [5.74, 6) is -1.42. The van der Waals surface area contributed by atoms with Crippen LogP contribution in [0.3, 0.4) is 0 Å². The van der Waals surface area contributed by atoms with Crippen LogP contribution < -0.4 is 15.2 Å². The molecule has 196 valence electrons. The minimum absolute atomic E-state index is 0.0567. The normalized spacial score (nSPS) is 14.3. The molecule has 0 bridgehead atoms. The molecule has 0 aliphatic carbocycles. The Morgan fingerprint density at radius 1 is 0.771 bits per heavy atom. The molecule has 0 radical (unpaired) electrons. The fourth-order valence-corrected chi connectivity index (χ4v) is 2.50. The van der Waals surface area contributed by atoms with Gasteiger partial charge in [0.05, 0.1) is 0 Å². The van der Waals surface area contributed by atoms with Gasteiger partial charge in [0, 0.05) is 12.8 Å². The average molecular weight is 496 g/mol. The first kappa shape index (κ1) is 29.9. The molecule has 2 N–H and O–H groups in total. The van der Waals surface area contributed by atoms with Crippen LogP contribution in [0.5, 0.6) is 11.5 Å². The molecule has 0 heterocycles. The largest absolute Gasteiger partial charge is 0.508 e. The monoisotopic (exact) mass is 495 g/mol. The molecule has 10 heteroatoms. The van der Waals surface area contributed by atoms with Gasteiger partial charge in [-0.1, -0.05) is 33.8 Å². The van der Waals surface area contributed by atoms with E-state index in [1.165, 1.54) is 12.1 Å². The highest BCUT2D eigenvalue weighted by Crippen LogP contribution is 2.30. The summed E-state index contributed by atoms with van der Waals surface area (Å²) in [6, 6.07) is 3.52. The Bertz CT molecular complexity index is 884. The van der Waals surface area contributed by atoms with E-state index in [9.17, 15) is 19.2 Å². The second-order valence-electron chi connectivity index (χ2n) is 8.53. The van der Waals surface area contributed by atoms with Crippen LogP contribution in [0.15, 0.2) is 18.2 Å². The van der Waals surface area contributed by atoms with E-state index in [1.807, 2.05) is 13.8 Å². The number of carbonyl (C=O) groups excluding carboxylic acids is 4. The maximum absolute atomic E-state index is 12.5. The van der Waals surface area contributed by atoms with Crippen LogP contribution in [0.1, 0.15) is 66.9 Å². The van der Waals surface area contributed by atoms with Crippen molar-refractivity contribution < 1.29 is 42.9 Å². The average Bonchev–Trinajstić information content (AvgIpc) is 2.79. The second-order valence-corrected chi connectivity index (χ2v) is 8.53. The maximum Gasteiger partial charge on any atom is 0.508 e. The quantitative estimate of drug-likeness (QED) is 0.337. The molecule has 0 amide bonds. The zero-order valence-corrected chi connectivity index (χ0v) is 21.5. The number of hydrogen-bond acceptors (Lipinski definition) is 10. The van der Waals surface area contributed by atoms with Crippen molar-refractivity contribution in [2.75, 3.05) is 0 Å². The Labute approximate surface area is 206 Å². The Hall–Kier alpha value is -3.14. The third-order valence-electron chi connectivity index (χ3n) is 5.26. The van der Waals surface area contributed by atoms with Crippen molar-refractivity contribution in [2.45, 2.75) is 92.1 Å². The molecule has 1 aromatic rings. The SMILES string of the molecule is CCC(=O)Oc1ccc(C[C@H](N)C(=O)O[C@@H](C)[C@H](C)OC(=O)OC(C)C(C)C)cc1OC(=O)CC. The molecule has 0 aliphatic rings. The molecule has 0 saturated carbocycles. The highest BCUT2D eigenvalue weighted by Gasteiger charge is 2.26. The van der Waals surface area contributed by atoms with Gasteiger partial charge in [-0.15, -0.1) is 0 Å². The molecule has 1 aromatic carbocycles. The first-order valence-electron chi connectivity index (χ1n) is 11.7. The predicted octanol–water partition coefficient (Wildman–Crippen LogP) is 3.71. The van der Waals surface area contributed by atoms with Crippen molar-refractivity contribution in [1.29, 1.82) is 0 Å². The van der Waals surface area contributed by atoms with Crippen LogP contribution in [-0.2, 0) is 35.0 Å². The molecule has 1 rings (SSSR count). The topological polar surface area (TPSA) is 140 Å². The van der Waals surface area contributed by atoms with Gasteiger partial charge in [0.2, 0.25) is 0 Å². The molecule has 0 aliphatic heterocycles. The smallest absolute Gasteiger partial charge is 0.458 e. The van der Waals surface area contributed by atoms with Gasteiger partial charge in [0.25, 0.3) is 0 Å². The summed E-state index contributed by atoms with van der Waals surface area (Å²) < 4.78 is 26.2. The van der Waals surface area contributed by atoms with E-state index in [1.54, 1.807) is 40.7 Å². The molecular weight excluding hydrogens is 458 g/mol. The van der Waals surface area contributed by atoms with Crippen LogP contribution in [0.25, 0.3) is 0 Å². The Morgan fingerprint density at radius 2 is 1.29 bits per heavy atom. The molecule has 0 fully saturated rings. The summed E-state index contributed by atoms with van der Waals surface area (Å²) >= 11 is 0. The van der Waals surface area contributed by atoms with Crippen LogP contribution >= 0.6 is 0 Å². The standard InChI is InChI=1S/C25H37NO9/c1-8-22(27)34-20-11-10-18(13-21(20)35-23(28)9-2)12-19(26)24(29)31-16(6)17(7)33-25(30)32-15(5)14(3)4/h10-11,13-17,19H,8-9,12,26H2,1-7H3/t15?,16-,17-,19-/m0/s1. The number of nitrogens with two attached hydrogens (primary N) is 1. The zero-order chi connectivity index (χ0) is 26.7. The lowest BCUT2D eigenvalue weighted by Crippen LogP contribution is -2.39. The third-order valence-corrected chi connectivity index (χ3v) is 5.26. The second kappa shape index (κ2) is 14.3. The van der Waals surface area contributed by atoms with Crippen molar-refractivity contribution >= 4 is 24.1 Å². The lowest BCUT2D eigenvalue weighted by Gasteiger charge is -2.23. The van der Waals surface area contributed by atoms with Crippen LogP contribution in [0.4, 0.5) is 4.79 Å². The van der Waals surface area contributed by atoms with Crippen LogP contribution in [0.2, 0.25) is 0 Å². The molecule has 4 atom stereocenters. The van der Waals surface area contributed by atoms with Crippen molar-refractivity contribution in [2.24, 2.45) is 11.7 Å². The number of benzene rings is 1. The van der Waals surface area contributed by atoms with Crippen molar-refractivity contribution in [3.8, 4) is 11.5 Å². The van der Waals surface area contributed by atoms with Crippen molar-refractivity contribution in [3.05, 3.63) is 23.8 Å². The number of rotatable bonds is 12. The summed E-state index contributed by atoms with van der Waals surface area (Å²) in [7, 11) is 0. The lowest BCUT2D eigenvalue weighted by molar-refractivity contribution is -0.156. The Balaban J connectivity index is 2.78. The summed E-state index contributed by atoms with van der Waals surface area (Å²) in [6.07, 6.45) is -2.36.